The van der Waals surface area contributed by atoms with Crippen molar-refractivity contribution in [2.24, 2.45) is 0 Å². The van der Waals surface area contributed by atoms with Crippen LogP contribution in [0.15, 0.2) is 5.16 Å². The highest BCUT2D eigenvalue weighted by Crippen LogP contribution is 2.41. The summed E-state index contributed by atoms with van der Waals surface area (Å²) in [4.78, 5) is 13.8. The van der Waals surface area contributed by atoms with Crippen LogP contribution < -0.4 is 10.2 Å². The number of anilines is 1. The molecule has 0 radical (unpaired) electrons. The predicted octanol–water partition coefficient (Wildman–Crippen LogP) is 3.38. The average molecular weight is 410 g/mol. The third-order valence-electron chi connectivity index (χ3n) is 5.18. The number of hydrogen-bond donors (Lipinski definition) is 2. The molecule has 1 aliphatic rings. The van der Waals surface area contributed by atoms with E-state index in [2.05, 4.69) is 39.9 Å². The van der Waals surface area contributed by atoms with Crippen LogP contribution in [0.1, 0.15) is 51.5 Å². The Morgan fingerprint density at radius 2 is 2.00 bits per heavy atom. The number of ether oxygens (including phenoxy) is 1. The van der Waals surface area contributed by atoms with E-state index in [1.54, 1.807) is 28.0 Å². The number of thiophene rings is 1. The summed E-state index contributed by atoms with van der Waals surface area (Å²) in [5, 5.41) is 5.74. The van der Waals surface area contributed by atoms with Gasteiger partial charge in [0.05, 0.1) is 37.2 Å². The number of aromatic nitrogens is 2. The molecule has 0 saturated heterocycles. The third kappa shape index (κ3) is 4.94. The van der Waals surface area contributed by atoms with E-state index in [1.165, 1.54) is 35.5 Å². The Labute approximate surface area is 171 Å². The van der Waals surface area contributed by atoms with Crippen LogP contribution in [0.5, 0.6) is 0 Å². The molecule has 0 spiro atoms. The first kappa shape index (κ1) is 20.8. The molecular weight excluding hydrogens is 376 g/mol. The number of quaternary nitrogens is 1. The maximum Gasteiger partial charge on any atom is 0.190 e. The molecule has 2 aromatic heterocycles. The molecule has 27 heavy (non-hydrogen) atoms. The molecule has 1 aliphatic heterocycles. The van der Waals surface area contributed by atoms with Crippen molar-refractivity contribution in [1.82, 2.24) is 9.97 Å². The number of fused-ring (bicyclic) bond motifs is 3. The van der Waals surface area contributed by atoms with Crippen molar-refractivity contribution in [3.05, 3.63) is 10.4 Å². The molecule has 0 aromatic carbocycles. The molecule has 3 heterocycles. The Balaban J connectivity index is 1.86. The second-order valence-corrected chi connectivity index (χ2v) is 10.00. The molecule has 3 rings (SSSR count). The second-order valence-electron chi connectivity index (χ2n) is 7.68. The first-order valence-corrected chi connectivity index (χ1v) is 11.9. The minimum atomic E-state index is -0.124. The molecule has 0 amide bonds. The molecule has 7 heteroatoms. The van der Waals surface area contributed by atoms with Gasteiger partial charge in [0.2, 0.25) is 0 Å². The molecule has 0 unspecified atom stereocenters. The quantitative estimate of drug-likeness (QED) is 0.378. The van der Waals surface area contributed by atoms with Gasteiger partial charge in [-0.25, -0.2) is 9.97 Å². The summed E-state index contributed by atoms with van der Waals surface area (Å²) < 4.78 is 6.02. The molecule has 0 aliphatic carbocycles. The minimum absolute atomic E-state index is 0.124. The number of hydrogen-bond acceptors (Lipinski definition) is 6. The molecule has 150 valence electrons. The van der Waals surface area contributed by atoms with E-state index in [0.717, 1.165) is 40.9 Å². The zero-order valence-corrected chi connectivity index (χ0v) is 18.9. The molecule has 0 fully saturated rings. The summed E-state index contributed by atoms with van der Waals surface area (Å²) in [6, 6.07) is 0. The van der Waals surface area contributed by atoms with Crippen molar-refractivity contribution in [2.75, 3.05) is 37.2 Å². The zero-order chi connectivity index (χ0) is 19.4. The smallest absolute Gasteiger partial charge is 0.190 e. The lowest BCUT2D eigenvalue weighted by Gasteiger charge is -2.30. The molecule has 0 atom stereocenters. The van der Waals surface area contributed by atoms with Crippen LogP contribution in [0.4, 0.5) is 5.82 Å². The maximum absolute atomic E-state index is 6.02. The topological polar surface area (TPSA) is 51.5 Å². The fourth-order valence-electron chi connectivity index (χ4n) is 3.60. The standard InChI is InChI=1S/C20H32N4OS2/c1-6-24(7-2)11-9-10-21-17-16-14-12-20(4,5)25-13-15(14)27-18(16)23-19(22-17)26-8-3/h6-13H2,1-5H3,(H,21,22,23)/p+1. The van der Waals surface area contributed by atoms with Crippen LogP contribution in [0.25, 0.3) is 10.2 Å². The molecule has 0 bridgehead atoms. The molecule has 2 N–H and O–H groups in total. The predicted molar refractivity (Wildman–Crippen MR) is 116 cm³/mol. The van der Waals surface area contributed by atoms with Gasteiger partial charge in [-0.3, -0.25) is 0 Å². The highest BCUT2D eigenvalue weighted by atomic mass is 32.2. The van der Waals surface area contributed by atoms with Gasteiger partial charge in [-0.1, -0.05) is 18.7 Å². The summed E-state index contributed by atoms with van der Waals surface area (Å²) in [6.07, 6.45) is 2.07. The first-order valence-electron chi connectivity index (χ1n) is 10.1. The highest BCUT2D eigenvalue weighted by Gasteiger charge is 2.31. The SMILES string of the molecule is CCSc1nc(NCCC[NH+](CC)CC)c2c3c(sc2n1)COC(C)(C)C3. The van der Waals surface area contributed by atoms with Gasteiger partial charge in [0, 0.05) is 24.3 Å². The summed E-state index contributed by atoms with van der Waals surface area (Å²) in [5.74, 6) is 2.00. The summed E-state index contributed by atoms with van der Waals surface area (Å²) in [6.45, 7) is 16.2. The van der Waals surface area contributed by atoms with E-state index in [9.17, 15) is 0 Å². The van der Waals surface area contributed by atoms with Gasteiger partial charge < -0.3 is 15.0 Å². The van der Waals surface area contributed by atoms with Crippen LogP contribution in [0.2, 0.25) is 0 Å². The number of nitrogens with zero attached hydrogens (tertiary/aromatic N) is 2. The summed E-state index contributed by atoms with van der Waals surface area (Å²) in [7, 11) is 0. The monoisotopic (exact) mass is 409 g/mol. The normalized spacial score (nSPS) is 16.1. The Bertz CT molecular complexity index is 771. The lowest BCUT2D eigenvalue weighted by molar-refractivity contribution is -0.896. The summed E-state index contributed by atoms with van der Waals surface area (Å²) in [5.41, 5.74) is 1.26. The Kier molecular flexibility index (Phi) is 7.00. The lowest BCUT2D eigenvalue weighted by Crippen LogP contribution is -3.11. The van der Waals surface area contributed by atoms with Crippen LogP contribution in [-0.2, 0) is 17.8 Å². The fraction of sp³-hybridized carbons (Fsp3) is 0.700. The van der Waals surface area contributed by atoms with Crippen LogP contribution in [0, 0.1) is 0 Å². The molecule has 5 nitrogen and oxygen atoms in total. The van der Waals surface area contributed by atoms with Gasteiger partial charge >= 0.3 is 0 Å². The van der Waals surface area contributed by atoms with Gasteiger partial charge in [0.25, 0.3) is 0 Å². The molecular formula is C20H33N4OS2+. The van der Waals surface area contributed by atoms with E-state index in [0.29, 0.717) is 6.61 Å². The van der Waals surface area contributed by atoms with Crippen LogP contribution in [-0.4, -0.2) is 47.5 Å². The van der Waals surface area contributed by atoms with Crippen LogP contribution in [0.3, 0.4) is 0 Å². The lowest BCUT2D eigenvalue weighted by atomic mass is 9.94. The van der Waals surface area contributed by atoms with Gasteiger partial charge in [-0.2, -0.15) is 0 Å². The Morgan fingerprint density at radius 1 is 1.22 bits per heavy atom. The minimum Gasteiger partial charge on any atom is -0.370 e. The zero-order valence-electron chi connectivity index (χ0n) is 17.3. The van der Waals surface area contributed by atoms with Crippen molar-refractivity contribution in [3.8, 4) is 0 Å². The van der Waals surface area contributed by atoms with Crippen molar-refractivity contribution in [1.29, 1.82) is 0 Å². The number of thioether (sulfide) groups is 1. The van der Waals surface area contributed by atoms with Crippen molar-refractivity contribution in [2.45, 2.75) is 64.8 Å². The molecule has 0 saturated carbocycles. The Morgan fingerprint density at radius 3 is 2.70 bits per heavy atom. The van der Waals surface area contributed by atoms with Gasteiger partial charge in [0.1, 0.15) is 10.6 Å². The van der Waals surface area contributed by atoms with Gasteiger partial charge in [0.15, 0.2) is 5.16 Å². The van der Waals surface area contributed by atoms with Gasteiger partial charge in [-0.05, 0) is 39.0 Å². The number of rotatable bonds is 9. The fourth-order valence-corrected chi connectivity index (χ4v) is 5.33. The Hall–Kier alpha value is -0.890. The number of nitrogens with one attached hydrogen (secondary N) is 2. The van der Waals surface area contributed by atoms with Gasteiger partial charge in [-0.15, -0.1) is 11.3 Å². The maximum atomic E-state index is 6.02. The summed E-state index contributed by atoms with van der Waals surface area (Å²) >= 11 is 3.48. The highest BCUT2D eigenvalue weighted by molar-refractivity contribution is 7.99. The van der Waals surface area contributed by atoms with Crippen molar-refractivity contribution < 1.29 is 9.64 Å². The average Bonchev–Trinajstić information content (AvgIpc) is 2.98. The van der Waals surface area contributed by atoms with Crippen LogP contribution >= 0.6 is 23.1 Å². The second kappa shape index (κ2) is 9.07. The van der Waals surface area contributed by atoms with Crippen molar-refractivity contribution >= 4 is 39.1 Å². The molecule has 2 aromatic rings. The largest absolute Gasteiger partial charge is 0.370 e. The van der Waals surface area contributed by atoms with E-state index >= 15 is 0 Å². The first-order chi connectivity index (χ1) is 13.0. The van der Waals surface area contributed by atoms with E-state index in [-0.39, 0.29) is 5.60 Å². The third-order valence-corrected chi connectivity index (χ3v) is 7.01. The van der Waals surface area contributed by atoms with E-state index in [4.69, 9.17) is 14.7 Å². The van der Waals surface area contributed by atoms with Crippen molar-refractivity contribution in [3.63, 3.8) is 0 Å². The van der Waals surface area contributed by atoms with E-state index < -0.39 is 0 Å². The van der Waals surface area contributed by atoms with E-state index in [1.807, 2.05) is 0 Å².